The van der Waals surface area contributed by atoms with E-state index in [1.165, 1.54) is 6.07 Å². The van der Waals surface area contributed by atoms with Gasteiger partial charge in [-0.25, -0.2) is 13.2 Å². The Morgan fingerprint density at radius 2 is 1.62 bits per heavy atom. The number of halogens is 3. The molecular formula is C21H16F3NO. The summed E-state index contributed by atoms with van der Waals surface area (Å²) in [4.78, 5) is 12.3. The Morgan fingerprint density at radius 1 is 0.885 bits per heavy atom. The SMILES string of the molecule is C[C@@H](C(=O)Nc1ccc(F)cc1F)c1ccc(-c2ccccc2)c(F)c1. The zero-order valence-corrected chi connectivity index (χ0v) is 14.0. The third-order valence-corrected chi connectivity index (χ3v) is 4.16. The van der Waals surface area contributed by atoms with Gasteiger partial charge in [-0.05, 0) is 36.2 Å². The lowest BCUT2D eigenvalue weighted by Gasteiger charge is -2.14. The Bertz CT molecular complexity index is 941. The molecule has 0 fully saturated rings. The predicted octanol–water partition coefficient (Wildman–Crippen LogP) is 5.51. The minimum absolute atomic E-state index is 0.121. The summed E-state index contributed by atoms with van der Waals surface area (Å²) in [5, 5.41) is 2.40. The first-order chi connectivity index (χ1) is 12.5. The van der Waals surface area contributed by atoms with Crippen molar-refractivity contribution in [3.05, 3.63) is 89.7 Å². The molecule has 0 radical (unpaired) electrons. The van der Waals surface area contributed by atoms with Crippen molar-refractivity contribution < 1.29 is 18.0 Å². The zero-order valence-electron chi connectivity index (χ0n) is 14.0. The average Bonchev–Trinajstić information content (AvgIpc) is 2.64. The molecule has 0 heterocycles. The third-order valence-electron chi connectivity index (χ3n) is 4.16. The van der Waals surface area contributed by atoms with E-state index in [9.17, 15) is 18.0 Å². The summed E-state index contributed by atoms with van der Waals surface area (Å²) < 4.78 is 41.1. The van der Waals surface area contributed by atoms with Crippen LogP contribution in [0.2, 0.25) is 0 Å². The maximum Gasteiger partial charge on any atom is 0.231 e. The standard InChI is InChI=1S/C21H16F3NO/c1-13(21(26)25-20-10-8-16(22)12-19(20)24)15-7-9-17(18(23)11-15)14-5-3-2-4-6-14/h2-13H,1H3,(H,25,26)/t13-/m1/s1. The first kappa shape index (κ1) is 17.7. The van der Waals surface area contributed by atoms with Gasteiger partial charge in [-0.2, -0.15) is 0 Å². The molecule has 3 rings (SSSR count). The monoisotopic (exact) mass is 355 g/mol. The molecule has 0 aromatic heterocycles. The van der Waals surface area contributed by atoms with Crippen LogP contribution < -0.4 is 5.32 Å². The average molecular weight is 355 g/mol. The molecule has 0 aliphatic rings. The van der Waals surface area contributed by atoms with Crippen molar-refractivity contribution in [3.8, 4) is 11.1 Å². The number of hydrogen-bond acceptors (Lipinski definition) is 1. The van der Waals surface area contributed by atoms with Crippen molar-refractivity contribution in [1.82, 2.24) is 0 Å². The second-order valence-corrected chi connectivity index (χ2v) is 5.94. The maximum atomic E-state index is 14.5. The number of rotatable bonds is 4. The van der Waals surface area contributed by atoms with E-state index in [1.54, 1.807) is 31.2 Å². The molecule has 132 valence electrons. The highest BCUT2D eigenvalue weighted by Gasteiger charge is 2.18. The van der Waals surface area contributed by atoms with Crippen LogP contribution in [-0.4, -0.2) is 5.91 Å². The van der Waals surface area contributed by atoms with Gasteiger partial charge in [0.2, 0.25) is 5.91 Å². The fourth-order valence-electron chi connectivity index (χ4n) is 2.64. The smallest absolute Gasteiger partial charge is 0.231 e. The lowest BCUT2D eigenvalue weighted by Crippen LogP contribution is -2.19. The molecule has 5 heteroatoms. The molecule has 0 bridgehead atoms. The van der Waals surface area contributed by atoms with Gasteiger partial charge in [0.05, 0.1) is 11.6 Å². The summed E-state index contributed by atoms with van der Waals surface area (Å²) >= 11 is 0. The maximum absolute atomic E-state index is 14.5. The lowest BCUT2D eigenvalue weighted by atomic mass is 9.96. The van der Waals surface area contributed by atoms with Gasteiger partial charge < -0.3 is 5.32 Å². The molecule has 26 heavy (non-hydrogen) atoms. The Balaban J connectivity index is 1.80. The number of nitrogens with one attached hydrogen (secondary N) is 1. The van der Waals surface area contributed by atoms with Crippen LogP contribution in [0.3, 0.4) is 0 Å². The minimum Gasteiger partial charge on any atom is -0.323 e. The number of carbonyl (C=O) groups is 1. The fourth-order valence-corrected chi connectivity index (χ4v) is 2.64. The molecule has 3 aromatic carbocycles. The van der Waals surface area contributed by atoms with Crippen molar-refractivity contribution in [3.63, 3.8) is 0 Å². The van der Waals surface area contributed by atoms with Crippen molar-refractivity contribution >= 4 is 11.6 Å². The number of carbonyl (C=O) groups excluding carboxylic acids is 1. The Labute approximate surface area is 149 Å². The van der Waals surface area contributed by atoms with E-state index in [0.29, 0.717) is 17.2 Å². The van der Waals surface area contributed by atoms with Crippen LogP contribution in [-0.2, 0) is 4.79 Å². The molecule has 0 aliphatic heterocycles. The van der Waals surface area contributed by atoms with Crippen molar-refractivity contribution in [2.75, 3.05) is 5.32 Å². The fraction of sp³-hybridized carbons (Fsp3) is 0.0952. The van der Waals surface area contributed by atoms with E-state index in [4.69, 9.17) is 0 Å². The van der Waals surface area contributed by atoms with Gasteiger partial charge in [-0.3, -0.25) is 4.79 Å². The van der Waals surface area contributed by atoms with Crippen molar-refractivity contribution in [2.45, 2.75) is 12.8 Å². The molecule has 2 nitrogen and oxygen atoms in total. The topological polar surface area (TPSA) is 29.1 Å². The van der Waals surface area contributed by atoms with E-state index in [2.05, 4.69) is 5.32 Å². The molecule has 1 N–H and O–H groups in total. The molecular weight excluding hydrogens is 339 g/mol. The van der Waals surface area contributed by atoms with Crippen LogP contribution in [0.25, 0.3) is 11.1 Å². The largest absolute Gasteiger partial charge is 0.323 e. The molecule has 0 aliphatic carbocycles. The van der Waals surface area contributed by atoms with E-state index >= 15 is 0 Å². The van der Waals surface area contributed by atoms with E-state index < -0.39 is 29.3 Å². The molecule has 0 spiro atoms. The molecule has 3 aromatic rings. The first-order valence-electron chi connectivity index (χ1n) is 8.06. The number of hydrogen-bond donors (Lipinski definition) is 1. The van der Waals surface area contributed by atoms with Crippen LogP contribution in [0.1, 0.15) is 18.4 Å². The Hall–Kier alpha value is -3.08. The van der Waals surface area contributed by atoms with Crippen LogP contribution in [0, 0.1) is 17.5 Å². The number of benzene rings is 3. The molecule has 0 saturated carbocycles. The second kappa shape index (κ2) is 7.44. The number of amides is 1. The van der Waals surface area contributed by atoms with E-state index in [1.807, 2.05) is 18.2 Å². The predicted molar refractivity (Wildman–Crippen MR) is 95.2 cm³/mol. The molecule has 1 amide bonds. The lowest BCUT2D eigenvalue weighted by molar-refractivity contribution is -0.117. The summed E-state index contributed by atoms with van der Waals surface area (Å²) in [5.74, 6) is -3.26. The van der Waals surface area contributed by atoms with Gasteiger partial charge in [-0.1, -0.05) is 42.5 Å². The summed E-state index contributed by atoms with van der Waals surface area (Å²) in [6, 6.07) is 16.5. The summed E-state index contributed by atoms with van der Waals surface area (Å²) in [7, 11) is 0. The van der Waals surface area contributed by atoms with Gasteiger partial charge >= 0.3 is 0 Å². The van der Waals surface area contributed by atoms with Crippen LogP contribution in [0.5, 0.6) is 0 Å². The number of anilines is 1. The van der Waals surface area contributed by atoms with Crippen molar-refractivity contribution in [2.24, 2.45) is 0 Å². The first-order valence-corrected chi connectivity index (χ1v) is 8.06. The third kappa shape index (κ3) is 3.77. The minimum atomic E-state index is -0.865. The van der Waals surface area contributed by atoms with Crippen molar-refractivity contribution in [1.29, 1.82) is 0 Å². The highest BCUT2D eigenvalue weighted by atomic mass is 19.1. The second-order valence-electron chi connectivity index (χ2n) is 5.94. The van der Waals surface area contributed by atoms with E-state index in [0.717, 1.165) is 17.7 Å². The van der Waals surface area contributed by atoms with Crippen LogP contribution in [0.4, 0.5) is 18.9 Å². The van der Waals surface area contributed by atoms with Crippen LogP contribution >= 0.6 is 0 Å². The molecule has 0 unspecified atom stereocenters. The van der Waals surface area contributed by atoms with Gasteiger partial charge in [0.25, 0.3) is 0 Å². The highest BCUT2D eigenvalue weighted by Crippen LogP contribution is 2.27. The quantitative estimate of drug-likeness (QED) is 0.657. The summed E-state index contributed by atoms with van der Waals surface area (Å²) in [6.45, 7) is 1.59. The Morgan fingerprint density at radius 3 is 2.27 bits per heavy atom. The molecule has 0 saturated heterocycles. The van der Waals surface area contributed by atoms with Gasteiger partial charge in [0.15, 0.2) is 0 Å². The molecule has 1 atom stereocenters. The summed E-state index contributed by atoms with van der Waals surface area (Å²) in [5.41, 5.74) is 1.51. The summed E-state index contributed by atoms with van der Waals surface area (Å²) in [6.07, 6.45) is 0. The van der Waals surface area contributed by atoms with E-state index in [-0.39, 0.29) is 5.69 Å². The zero-order chi connectivity index (χ0) is 18.7. The highest BCUT2D eigenvalue weighted by molar-refractivity contribution is 5.95. The van der Waals surface area contributed by atoms with Gasteiger partial charge in [0, 0.05) is 11.6 Å². The van der Waals surface area contributed by atoms with Gasteiger partial charge in [-0.15, -0.1) is 0 Å². The van der Waals surface area contributed by atoms with Gasteiger partial charge in [0.1, 0.15) is 17.5 Å². The van der Waals surface area contributed by atoms with Crippen LogP contribution in [0.15, 0.2) is 66.7 Å². The normalized spacial score (nSPS) is 11.8. The Kier molecular flexibility index (Phi) is 5.07.